The van der Waals surface area contributed by atoms with E-state index in [4.69, 9.17) is 9.72 Å². The van der Waals surface area contributed by atoms with Crippen LogP contribution < -0.4 is 13.9 Å². The second kappa shape index (κ2) is 19.0. The molecule has 368 valence electrons. The Balaban J connectivity index is 0.00000626. The number of nitrogens with zero attached hydrogens (tertiary/aromatic N) is 4. The summed E-state index contributed by atoms with van der Waals surface area (Å²) in [6, 6.07) is 66.4. The van der Waals surface area contributed by atoms with Crippen molar-refractivity contribution >= 4 is 50.6 Å². The van der Waals surface area contributed by atoms with Gasteiger partial charge in [0, 0.05) is 35.3 Å². The van der Waals surface area contributed by atoms with Gasteiger partial charge in [0.25, 0.3) is 11.4 Å². The van der Waals surface area contributed by atoms with E-state index in [0.717, 1.165) is 83.6 Å². The molecule has 0 fully saturated rings. The van der Waals surface area contributed by atoms with Gasteiger partial charge >= 0.3 is 27.1 Å². The zero-order chi connectivity index (χ0) is 51.0. The summed E-state index contributed by atoms with van der Waals surface area (Å²) in [4.78, 5) is 4.89. The van der Waals surface area contributed by atoms with Crippen LogP contribution in [0.2, 0.25) is 0 Å². The molecule has 8 heteroatoms. The number of halogens is 2. The molecule has 0 atom stereocenters. The molecule has 10 aromatic rings. The third-order valence-electron chi connectivity index (χ3n) is 13.8. The Morgan fingerprint density at radius 2 is 1.07 bits per heavy atom. The van der Waals surface area contributed by atoms with Gasteiger partial charge in [-0.25, -0.2) is 13.8 Å². The smallest absolute Gasteiger partial charge is 0.509 e. The first-order chi connectivity index (χ1) is 34.9. The van der Waals surface area contributed by atoms with E-state index < -0.39 is 0 Å². The van der Waals surface area contributed by atoms with Gasteiger partial charge in [-0.05, 0) is 114 Å². The molecule has 11 rings (SSSR count). The molecule has 0 amide bonds. The molecular formula is C66H56F2N4OPt+2. The van der Waals surface area contributed by atoms with Crippen molar-refractivity contribution < 1.29 is 34.6 Å². The van der Waals surface area contributed by atoms with Crippen molar-refractivity contribution in [3.05, 3.63) is 217 Å². The van der Waals surface area contributed by atoms with Crippen LogP contribution in [-0.4, -0.2) is 15.6 Å². The van der Waals surface area contributed by atoms with Gasteiger partial charge < -0.3 is 9.30 Å². The van der Waals surface area contributed by atoms with E-state index in [1.807, 2.05) is 59.3 Å². The molecule has 0 radical (unpaired) electrons. The Kier molecular flexibility index (Phi) is 12.9. The van der Waals surface area contributed by atoms with Crippen molar-refractivity contribution in [2.24, 2.45) is 0 Å². The minimum absolute atomic E-state index is 0. The van der Waals surface area contributed by atoms with Gasteiger partial charge in [-0.2, -0.15) is 6.07 Å². The van der Waals surface area contributed by atoms with E-state index in [1.54, 1.807) is 0 Å². The van der Waals surface area contributed by atoms with Gasteiger partial charge in [0.1, 0.15) is 23.1 Å². The molecule has 1 aliphatic rings. The minimum atomic E-state index is -0.323. The van der Waals surface area contributed by atoms with Crippen LogP contribution in [0.15, 0.2) is 176 Å². The largest absolute Gasteiger partial charge is 2.00 e. The van der Waals surface area contributed by atoms with Gasteiger partial charge in [-0.15, -0.1) is 29.1 Å². The van der Waals surface area contributed by atoms with E-state index in [9.17, 15) is 8.78 Å². The Labute approximate surface area is 447 Å². The first-order valence-corrected chi connectivity index (χ1v) is 24.8. The van der Waals surface area contributed by atoms with E-state index in [-0.39, 0.29) is 48.9 Å². The summed E-state index contributed by atoms with van der Waals surface area (Å²) in [5.74, 6) is 1.18. The number of fused-ring (bicyclic) bond motifs is 4. The zero-order valence-corrected chi connectivity index (χ0v) is 45.3. The van der Waals surface area contributed by atoms with Crippen LogP contribution in [0.25, 0.3) is 61.0 Å². The van der Waals surface area contributed by atoms with Crippen LogP contribution in [0.3, 0.4) is 0 Å². The van der Waals surface area contributed by atoms with Gasteiger partial charge in [0.2, 0.25) is 5.69 Å². The van der Waals surface area contributed by atoms with Crippen LogP contribution in [0.5, 0.6) is 11.5 Å². The van der Waals surface area contributed by atoms with E-state index >= 15 is 0 Å². The molecule has 3 heterocycles. The molecule has 0 saturated carbocycles. The summed E-state index contributed by atoms with van der Waals surface area (Å²) in [6.07, 6.45) is 1.88. The minimum Gasteiger partial charge on any atom is -0.509 e. The average molecular weight is 1150 g/mol. The van der Waals surface area contributed by atoms with Crippen LogP contribution in [0.1, 0.15) is 79.0 Å². The fourth-order valence-corrected chi connectivity index (χ4v) is 9.74. The van der Waals surface area contributed by atoms with Crippen LogP contribution in [0, 0.1) is 23.8 Å². The summed E-state index contributed by atoms with van der Waals surface area (Å²) >= 11 is 0. The molecule has 74 heavy (non-hydrogen) atoms. The summed E-state index contributed by atoms with van der Waals surface area (Å²) in [6.45, 7) is 19.8. The number of benzene rings is 8. The Bertz CT molecular complexity index is 3800. The number of ether oxygens (including phenoxy) is 1. The van der Waals surface area contributed by atoms with Gasteiger partial charge in [-0.3, -0.25) is 0 Å². The standard InChI is InChI=1S/C66H56F2N4O.Pt/c1-64(2,3)46-24-18-42(19-25-46)45-34-51(39-53(35-45)73-52-30-31-55-54-14-10-11-15-58(54)72(61(55)40-52)62-38-47(32-33-69-62)65(4,5)6)70-41-71(60-17-13-12-16-59(60)70)63-56(43-20-26-49(67)27-21-43)36-48(66(7,8)9)37-57(63)44-22-28-50(68)29-23-44;/h10-38H,1-9H3;/q;+2. The number of rotatable bonds is 8. The fraction of sp³-hybridized carbons (Fsp3) is 0.182. The number of para-hydroxylation sites is 3. The number of pyridine rings is 1. The molecule has 1 aliphatic heterocycles. The molecule has 8 aromatic carbocycles. The third-order valence-corrected chi connectivity index (χ3v) is 13.8. The van der Waals surface area contributed by atoms with Gasteiger partial charge in [-0.1, -0.05) is 163 Å². The Hall–Kier alpha value is -7.56. The average Bonchev–Trinajstić information content (AvgIpc) is 3.92. The van der Waals surface area contributed by atoms with Crippen molar-refractivity contribution in [3.63, 3.8) is 0 Å². The van der Waals surface area contributed by atoms with E-state index in [0.29, 0.717) is 17.2 Å². The second-order valence-corrected chi connectivity index (χ2v) is 22.1. The molecule has 0 saturated heterocycles. The Morgan fingerprint density at radius 1 is 0.500 bits per heavy atom. The molecule has 0 N–H and O–H groups in total. The second-order valence-electron chi connectivity index (χ2n) is 22.1. The molecule has 5 nitrogen and oxygen atoms in total. The van der Waals surface area contributed by atoms with Crippen molar-refractivity contribution in [1.82, 2.24) is 18.7 Å². The predicted octanol–water partition coefficient (Wildman–Crippen LogP) is 17.6. The predicted molar refractivity (Wildman–Crippen MR) is 296 cm³/mol. The van der Waals surface area contributed by atoms with Crippen molar-refractivity contribution in [2.45, 2.75) is 78.6 Å². The topological polar surface area (TPSA) is 33.1 Å². The maximum Gasteiger partial charge on any atom is 2.00 e. The molecule has 0 unspecified atom stereocenters. The summed E-state index contributed by atoms with van der Waals surface area (Å²) in [5, 5.41) is 2.14. The molecule has 0 aliphatic carbocycles. The SMILES string of the molecule is CC(C)(C)c1ccc(-c2cc(Oc3[c-]c4c(cc3)c3ccccc3n4-c3cc(C(C)(C)C)ccn3)[c-]c([N+]3=C=[N+](c4c(-c5ccc(F)cc5)cc(C(C)(C)C)cc4-c4ccc(F)cc4)c4ccccc43)c2)cc1.[Pt+2]. The third kappa shape index (κ3) is 9.47. The number of hydrogen-bond acceptors (Lipinski definition) is 2. The monoisotopic (exact) mass is 1150 g/mol. The first-order valence-electron chi connectivity index (χ1n) is 24.8. The first kappa shape index (κ1) is 50.0. The zero-order valence-electron chi connectivity index (χ0n) is 43.0. The van der Waals surface area contributed by atoms with Crippen LogP contribution in [0.4, 0.5) is 31.5 Å². The summed E-state index contributed by atoms with van der Waals surface area (Å²) in [7, 11) is 0. The van der Waals surface area contributed by atoms with E-state index in [1.165, 1.54) is 35.4 Å². The number of hydrogen-bond donors (Lipinski definition) is 0. The molecular weight excluding hydrogens is 1100 g/mol. The van der Waals surface area contributed by atoms with Gasteiger partial charge in [0.15, 0.2) is 0 Å². The van der Waals surface area contributed by atoms with Crippen LogP contribution in [-0.2, 0) is 37.3 Å². The summed E-state index contributed by atoms with van der Waals surface area (Å²) < 4.78 is 42.5. The van der Waals surface area contributed by atoms with Crippen molar-refractivity contribution in [3.8, 4) is 50.7 Å². The van der Waals surface area contributed by atoms with Crippen molar-refractivity contribution in [2.75, 3.05) is 0 Å². The van der Waals surface area contributed by atoms with Crippen LogP contribution >= 0.6 is 0 Å². The number of aromatic nitrogens is 2. The molecule has 0 bridgehead atoms. The maximum atomic E-state index is 14.7. The van der Waals surface area contributed by atoms with E-state index in [2.05, 4.69) is 187 Å². The van der Waals surface area contributed by atoms with Gasteiger partial charge in [0.05, 0.1) is 11.1 Å². The molecule has 2 aromatic heterocycles. The normalized spacial score (nSPS) is 12.6. The quantitative estimate of drug-likeness (QED) is 0.112. The van der Waals surface area contributed by atoms with Crippen molar-refractivity contribution in [1.29, 1.82) is 0 Å². The summed E-state index contributed by atoms with van der Waals surface area (Å²) in [5.41, 5.74) is 13.6. The fourth-order valence-electron chi connectivity index (χ4n) is 9.74. The maximum absolute atomic E-state index is 14.7. The molecule has 0 spiro atoms. The Morgan fingerprint density at radius 3 is 1.68 bits per heavy atom.